The Balaban J connectivity index is 1.80. The highest BCUT2D eigenvalue weighted by Gasteiger charge is 2.16. The molecule has 0 fully saturated rings. The largest absolute Gasteiger partial charge is 0.438 e. The number of fused-ring (bicyclic) bond motifs is 1. The monoisotopic (exact) mass is 564 g/mol. The zero-order valence-electron chi connectivity index (χ0n) is 20.8. The molecular weight excluding hydrogens is 540 g/mol. The van der Waals surface area contributed by atoms with Gasteiger partial charge in [-0.25, -0.2) is 9.97 Å². The normalized spacial score (nSPS) is 12.1. The minimum atomic E-state index is -0.524. The molecule has 11 heteroatoms. The lowest BCUT2D eigenvalue weighted by Gasteiger charge is -2.16. The van der Waals surface area contributed by atoms with Gasteiger partial charge in [0.2, 0.25) is 5.88 Å². The van der Waals surface area contributed by atoms with Crippen LogP contribution in [0.4, 0.5) is 11.4 Å². The summed E-state index contributed by atoms with van der Waals surface area (Å²) in [6.07, 6.45) is 3.45. The highest BCUT2D eigenvalue weighted by Crippen LogP contribution is 2.29. The Morgan fingerprint density at radius 3 is 2.65 bits per heavy atom. The summed E-state index contributed by atoms with van der Waals surface area (Å²) in [5.74, 6) is 1.16. The van der Waals surface area contributed by atoms with E-state index in [-0.39, 0.29) is 23.0 Å². The molecule has 0 amide bonds. The first kappa shape index (κ1) is 26.0. The first-order valence-corrected chi connectivity index (χ1v) is 12.3. The summed E-state index contributed by atoms with van der Waals surface area (Å²) < 4.78 is 8.08. The zero-order chi connectivity index (χ0) is 26.7. The van der Waals surface area contributed by atoms with Gasteiger partial charge < -0.3 is 9.64 Å². The van der Waals surface area contributed by atoms with Crippen molar-refractivity contribution < 1.29 is 9.66 Å². The number of hydrogen-bond acceptors (Lipinski definition) is 8. The number of anilines is 1. The van der Waals surface area contributed by atoms with Crippen molar-refractivity contribution in [1.29, 1.82) is 0 Å². The van der Waals surface area contributed by atoms with Gasteiger partial charge in [0.25, 0.3) is 11.2 Å². The van der Waals surface area contributed by atoms with Crippen molar-refractivity contribution in [3.63, 3.8) is 0 Å². The van der Waals surface area contributed by atoms with Gasteiger partial charge in [0.1, 0.15) is 17.8 Å². The maximum atomic E-state index is 13.4. The molecular formula is C26H25BrN6O4. The molecule has 190 valence electrons. The van der Waals surface area contributed by atoms with Crippen LogP contribution in [0.5, 0.6) is 11.6 Å². The molecule has 0 bridgehead atoms. The Labute approximate surface area is 221 Å². The average molecular weight is 565 g/mol. The Bertz CT molecular complexity index is 1550. The van der Waals surface area contributed by atoms with Gasteiger partial charge in [-0.2, -0.15) is 9.78 Å². The second-order valence-electron chi connectivity index (χ2n) is 8.63. The molecule has 0 unspecified atom stereocenters. The topological polar surface area (TPSA) is 116 Å². The van der Waals surface area contributed by atoms with Crippen molar-refractivity contribution in [3.05, 3.63) is 91.1 Å². The number of rotatable bonds is 8. The van der Waals surface area contributed by atoms with Gasteiger partial charge in [-0.1, -0.05) is 29.8 Å². The maximum absolute atomic E-state index is 13.4. The number of aromatic nitrogens is 3. The van der Waals surface area contributed by atoms with Crippen LogP contribution < -0.4 is 15.2 Å². The van der Waals surface area contributed by atoms with Crippen LogP contribution >= 0.6 is 15.9 Å². The van der Waals surface area contributed by atoms with Crippen molar-refractivity contribution in [1.82, 2.24) is 14.6 Å². The second kappa shape index (κ2) is 10.9. The van der Waals surface area contributed by atoms with Gasteiger partial charge >= 0.3 is 0 Å². The fourth-order valence-electron chi connectivity index (χ4n) is 3.55. The van der Waals surface area contributed by atoms with E-state index in [1.807, 2.05) is 57.1 Å². The van der Waals surface area contributed by atoms with E-state index in [0.717, 1.165) is 22.8 Å². The number of ether oxygens (including phenoxy) is 1. The zero-order valence-corrected chi connectivity index (χ0v) is 22.3. The Morgan fingerprint density at radius 2 is 2.00 bits per heavy atom. The summed E-state index contributed by atoms with van der Waals surface area (Å²) in [6, 6.07) is 13.7. The Morgan fingerprint density at radius 1 is 1.22 bits per heavy atom. The van der Waals surface area contributed by atoms with Crippen molar-refractivity contribution in [2.24, 2.45) is 5.10 Å². The smallest absolute Gasteiger partial charge is 0.287 e. The lowest BCUT2D eigenvalue weighted by molar-refractivity contribution is -0.385. The third-order valence-corrected chi connectivity index (χ3v) is 6.35. The van der Waals surface area contributed by atoms with Crippen LogP contribution in [0.1, 0.15) is 37.6 Å². The third kappa shape index (κ3) is 5.67. The van der Waals surface area contributed by atoms with E-state index >= 15 is 0 Å². The molecule has 4 aromatic rings. The SMILES string of the molecule is CC[C@H](C)c1nc2ccc(Br)cc2c(=O)n1N=Cc1ccc(N(C)C)cc1Oc1ccc([N+](=O)[O-])cn1. The van der Waals surface area contributed by atoms with Crippen LogP contribution in [-0.4, -0.2) is 39.9 Å². The van der Waals surface area contributed by atoms with Gasteiger partial charge in [0, 0.05) is 53.9 Å². The highest BCUT2D eigenvalue weighted by atomic mass is 79.9. The van der Waals surface area contributed by atoms with E-state index in [1.54, 1.807) is 18.3 Å². The number of benzene rings is 2. The summed E-state index contributed by atoms with van der Waals surface area (Å²) in [5.41, 5.74) is 1.65. The number of halogens is 1. The molecule has 2 aromatic heterocycles. The van der Waals surface area contributed by atoms with Gasteiger partial charge in [-0.15, -0.1) is 0 Å². The first-order valence-electron chi connectivity index (χ1n) is 11.5. The molecule has 0 aliphatic heterocycles. The lowest BCUT2D eigenvalue weighted by Crippen LogP contribution is -2.23. The maximum Gasteiger partial charge on any atom is 0.287 e. The predicted octanol–water partition coefficient (Wildman–Crippen LogP) is 5.72. The number of nitro groups is 1. The first-order chi connectivity index (χ1) is 17.7. The fraction of sp³-hybridized carbons (Fsp3) is 0.231. The molecule has 0 saturated heterocycles. The molecule has 4 rings (SSSR count). The molecule has 0 aliphatic carbocycles. The number of pyridine rings is 1. The lowest BCUT2D eigenvalue weighted by atomic mass is 10.1. The number of nitrogens with zero attached hydrogens (tertiary/aromatic N) is 6. The molecule has 0 radical (unpaired) electrons. The van der Waals surface area contributed by atoms with E-state index in [4.69, 9.17) is 9.72 Å². The molecule has 10 nitrogen and oxygen atoms in total. The molecule has 2 aromatic carbocycles. The molecule has 37 heavy (non-hydrogen) atoms. The van der Waals surface area contributed by atoms with E-state index in [2.05, 4.69) is 26.0 Å². The summed E-state index contributed by atoms with van der Waals surface area (Å²) >= 11 is 3.42. The highest BCUT2D eigenvalue weighted by molar-refractivity contribution is 9.10. The summed E-state index contributed by atoms with van der Waals surface area (Å²) in [5, 5.41) is 15.9. The van der Waals surface area contributed by atoms with Crippen LogP contribution in [0.2, 0.25) is 0 Å². The van der Waals surface area contributed by atoms with Crippen molar-refractivity contribution in [2.45, 2.75) is 26.2 Å². The molecule has 0 saturated carbocycles. The van der Waals surface area contributed by atoms with Gasteiger partial charge in [0.15, 0.2) is 0 Å². The summed E-state index contributed by atoms with van der Waals surface area (Å²) in [7, 11) is 3.79. The van der Waals surface area contributed by atoms with Gasteiger partial charge in [-0.05, 0) is 36.8 Å². The molecule has 2 heterocycles. The van der Waals surface area contributed by atoms with Crippen LogP contribution in [0.15, 0.2) is 69.1 Å². The van der Waals surface area contributed by atoms with Crippen LogP contribution in [0.25, 0.3) is 10.9 Å². The molecule has 0 aliphatic rings. The van der Waals surface area contributed by atoms with Crippen LogP contribution in [0, 0.1) is 10.1 Å². The van der Waals surface area contributed by atoms with Gasteiger partial charge in [0.05, 0.1) is 22.0 Å². The summed E-state index contributed by atoms with van der Waals surface area (Å²) in [4.78, 5) is 34.6. The molecule has 1 atom stereocenters. The van der Waals surface area contributed by atoms with E-state index < -0.39 is 4.92 Å². The van der Waals surface area contributed by atoms with Gasteiger partial charge in [-0.3, -0.25) is 14.9 Å². The number of hydrogen-bond donors (Lipinski definition) is 0. The minimum absolute atomic E-state index is 0.00552. The third-order valence-electron chi connectivity index (χ3n) is 5.86. The minimum Gasteiger partial charge on any atom is -0.438 e. The van der Waals surface area contributed by atoms with Crippen molar-refractivity contribution in [3.8, 4) is 11.6 Å². The van der Waals surface area contributed by atoms with E-state index in [1.165, 1.54) is 16.8 Å². The second-order valence-corrected chi connectivity index (χ2v) is 9.55. The quantitative estimate of drug-likeness (QED) is 0.153. The Kier molecular flexibility index (Phi) is 7.63. The van der Waals surface area contributed by atoms with Crippen molar-refractivity contribution in [2.75, 3.05) is 19.0 Å². The average Bonchev–Trinajstić information content (AvgIpc) is 2.88. The summed E-state index contributed by atoms with van der Waals surface area (Å²) in [6.45, 7) is 4.03. The van der Waals surface area contributed by atoms with E-state index in [0.29, 0.717) is 28.0 Å². The van der Waals surface area contributed by atoms with Crippen LogP contribution in [-0.2, 0) is 0 Å². The predicted molar refractivity (Wildman–Crippen MR) is 147 cm³/mol. The fourth-order valence-corrected chi connectivity index (χ4v) is 3.91. The molecule has 0 N–H and O–H groups in total. The standard InChI is InChI=1S/C26H25BrN6O4/c1-5-16(2)25-30-22-10-7-18(27)12-21(22)26(34)32(25)29-14-17-6-8-19(31(3)4)13-23(17)37-24-11-9-20(15-28-24)33(35)36/h6-16H,5H2,1-4H3/t16-/m0/s1. The Hall–Kier alpha value is -4.12. The van der Waals surface area contributed by atoms with Crippen LogP contribution in [0.3, 0.4) is 0 Å². The van der Waals surface area contributed by atoms with Crippen molar-refractivity contribution >= 4 is 44.4 Å². The molecule has 0 spiro atoms. The van der Waals surface area contributed by atoms with E-state index in [9.17, 15) is 14.9 Å².